The number of benzene rings is 2. The molecule has 0 aliphatic rings. The number of hydrazone groups is 1. The van der Waals surface area contributed by atoms with E-state index >= 15 is 0 Å². The molecule has 0 saturated carbocycles. The van der Waals surface area contributed by atoms with Crippen molar-refractivity contribution in [1.82, 2.24) is 10.4 Å². The Kier molecular flexibility index (Phi) is 5.51. The number of para-hydroxylation sites is 1. The van der Waals surface area contributed by atoms with Gasteiger partial charge < -0.3 is 14.2 Å². The number of aromatic nitrogens is 1. The second kappa shape index (κ2) is 8.18. The lowest BCUT2D eigenvalue weighted by atomic mass is 10.2. The Balaban J connectivity index is 1.77. The molecule has 1 N–H and O–H groups in total. The summed E-state index contributed by atoms with van der Waals surface area (Å²) in [4.78, 5) is 16.6. The maximum atomic E-state index is 12.3. The molecule has 3 rings (SSSR count). The van der Waals surface area contributed by atoms with Crippen molar-refractivity contribution in [1.29, 1.82) is 0 Å². The van der Waals surface area contributed by atoms with Gasteiger partial charge in [0.25, 0.3) is 5.91 Å². The van der Waals surface area contributed by atoms with E-state index in [2.05, 4.69) is 15.5 Å². The van der Waals surface area contributed by atoms with Gasteiger partial charge in [0, 0.05) is 10.9 Å². The first-order valence-corrected chi connectivity index (χ1v) is 8.15. The molecule has 0 saturated heterocycles. The molecule has 0 unspecified atom stereocenters. The second-order valence-electron chi connectivity index (χ2n) is 5.55. The topological polar surface area (TPSA) is 82.0 Å². The number of ether oxygens (including phenoxy) is 3. The summed E-state index contributed by atoms with van der Waals surface area (Å²) in [5, 5.41) is 4.96. The van der Waals surface area contributed by atoms with Crippen LogP contribution < -0.4 is 19.6 Å². The second-order valence-corrected chi connectivity index (χ2v) is 5.55. The fourth-order valence-corrected chi connectivity index (χ4v) is 2.59. The molecule has 0 aliphatic heterocycles. The van der Waals surface area contributed by atoms with Crippen LogP contribution in [0.25, 0.3) is 10.9 Å². The third kappa shape index (κ3) is 3.98. The zero-order valence-corrected chi connectivity index (χ0v) is 15.2. The molecule has 27 heavy (non-hydrogen) atoms. The molecule has 3 aromatic rings. The van der Waals surface area contributed by atoms with E-state index in [1.807, 2.05) is 30.3 Å². The van der Waals surface area contributed by atoms with E-state index in [4.69, 9.17) is 14.2 Å². The number of hydrogen-bond acceptors (Lipinski definition) is 6. The molecule has 0 radical (unpaired) electrons. The highest BCUT2D eigenvalue weighted by molar-refractivity contribution is 5.95. The zero-order chi connectivity index (χ0) is 19.2. The lowest BCUT2D eigenvalue weighted by Crippen LogP contribution is -2.18. The van der Waals surface area contributed by atoms with E-state index in [0.29, 0.717) is 22.8 Å². The molecule has 1 amide bonds. The fraction of sp³-hybridized carbons (Fsp3) is 0.150. The smallest absolute Gasteiger partial charge is 0.289 e. The van der Waals surface area contributed by atoms with Crippen molar-refractivity contribution in [2.75, 3.05) is 21.3 Å². The predicted octanol–water partition coefficient (Wildman–Crippen LogP) is 3.02. The van der Waals surface area contributed by atoms with Crippen LogP contribution in [-0.2, 0) is 0 Å². The van der Waals surface area contributed by atoms with Crippen LogP contribution in [0.5, 0.6) is 17.2 Å². The Morgan fingerprint density at radius 3 is 2.37 bits per heavy atom. The fourth-order valence-electron chi connectivity index (χ4n) is 2.59. The lowest BCUT2D eigenvalue weighted by Gasteiger charge is -2.12. The Bertz CT molecular complexity index is 976. The SMILES string of the molecule is COc1cc(C=NNC(=O)c2ccc3ccccc3n2)cc(OC)c1OC. The van der Waals surface area contributed by atoms with Crippen molar-refractivity contribution in [3.05, 3.63) is 59.8 Å². The van der Waals surface area contributed by atoms with E-state index in [9.17, 15) is 4.79 Å². The van der Waals surface area contributed by atoms with Crippen LogP contribution in [0, 0.1) is 0 Å². The first kappa shape index (κ1) is 18.2. The van der Waals surface area contributed by atoms with Crippen LogP contribution in [0.2, 0.25) is 0 Å². The van der Waals surface area contributed by atoms with E-state index in [1.54, 1.807) is 18.2 Å². The number of carbonyl (C=O) groups excluding carboxylic acids is 1. The number of methoxy groups -OCH3 is 3. The van der Waals surface area contributed by atoms with E-state index in [1.165, 1.54) is 27.5 Å². The summed E-state index contributed by atoms with van der Waals surface area (Å²) in [7, 11) is 4.60. The summed E-state index contributed by atoms with van der Waals surface area (Å²) >= 11 is 0. The van der Waals surface area contributed by atoms with Gasteiger partial charge in [0.15, 0.2) is 11.5 Å². The average Bonchev–Trinajstić information content (AvgIpc) is 2.72. The van der Waals surface area contributed by atoms with Crippen molar-refractivity contribution in [3.63, 3.8) is 0 Å². The van der Waals surface area contributed by atoms with Gasteiger partial charge in [0.05, 0.1) is 33.1 Å². The Morgan fingerprint density at radius 2 is 1.70 bits per heavy atom. The number of hydrogen-bond donors (Lipinski definition) is 1. The van der Waals surface area contributed by atoms with Crippen molar-refractivity contribution in [2.24, 2.45) is 5.10 Å². The summed E-state index contributed by atoms with van der Waals surface area (Å²) in [6, 6.07) is 14.5. The minimum absolute atomic E-state index is 0.288. The van der Waals surface area contributed by atoms with Gasteiger partial charge >= 0.3 is 0 Å². The van der Waals surface area contributed by atoms with Crippen LogP contribution in [0.15, 0.2) is 53.6 Å². The number of nitrogens with zero attached hydrogens (tertiary/aromatic N) is 2. The number of carbonyl (C=O) groups is 1. The molecule has 7 nitrogen and oxygen atoms in total. The summed E-state index contributed by atoms with van der Waals surface area (Å²) in [6.07, 6.45) is 1.49. The first-order valence-electron chi connectivity index (χ1n) is 8.15. The van der Waals surface area contributed by atoms with Crippen molar-refractivity contribution in [2.45, 2.75) is 0 Å². The van der Waals surface area contributed by atoms with Gasteiger partial charge in [-0.3, -0.25) is 4.79 Å². The Hall–Kier alpha value is -3.61. The predicted molar refractivity (Wildman–Crippen MR) is 103 cm³/mol. The minimum Gasteiger partial charge on any atom is -0.493 e. The van der Waals surface area contributed by atoms with Gasteiger partial charge in [0.1, 0.15) is 5.69 Å². The van der Waals surface area contributed by atoms with Gasteiger partial charge in [0.2, 0.25) is 5.75 Å². The summed E-state index contributed by atoms with van der Waals surface area (Å²) in [5.41, 5.74) is 4.18. The van der Waals surface area contributed by atoms with Crippen LogP contribution in [0.4, 0.5) is 0 Å². The van der Waals surface area contributed by atoms with Crippen molar-refractivity contribution < 1.29 is 19.0 Å². The van der Waals surface area contributed by atoms with Gasteiger partial charge in [-0.1, -0.05) is 24.3 Å². The number of pyridine rings is 1. The molecule has 0 atom stereocenters. The molecule has 7 heteroatoms. The van der Waals surface area contributed by atoms with Crippen molar-refractivity contribution in [3.8, 4) is 17.2 Å². The highest BCUT2D eigenvalue weighted by Crippen LogP contribution is 2.37. The largest absolute Gasteiger partial charge is 0.493 e. The molecule has 2 aromatic carbocycles. The third-order valence-electron chi connectivity index (χ3n) is 3.90. The van der Waals surface area contributed by atoms with E-state index in [-0.39, 0.29) is 5.69 Å². The van der Waals surface area contributed by atoms with Gasteiger partial charge in [-0.25, -0.2) is 10.4 Å². The standard InChI is InChI=1S/C20H19N3O4/c1-25-17-10-13(11-18(26-2)19(17)27-3)12-21-23-20(24)16-9-8-14-6-4-5-7-15(14)22-16/h4-12H,1-3H3,(H,23,24). The maximum absolute atomic E-state index is 12.3. The molecule has 0 fully saturated rings. The summed E-state index contributed by atoms with van der Waals surface area (Å²) < 4.78 is 15.9. The molecule has 1 heterocycles. The minimum atomic E-state index is -0.399. The maximum Gasteiger partial charge on any atom is 0.289 e. The van der Waals surface area contributed by atoms with Gasteiger partial charge in [-0.2, -0.15) is 5.10 Å². The number of rotatable bonds is 6. The van der Waals surface area contributed by atoms with Crippen molar-refractivity contribution >= 4 is 23.0 Å². The first-order chi connectivity index (χ1) is 13.2. The molecule has 1 aromatic heterocycles. The molecular weight excluding hydrogens is 346 g/mol. The van der Waals surface area contributed by atoms with Crippen LogP contribution >= 0.6 is 0 Å². The van der Waals surface area contributed by atoms with E-state index < -0.39 is 5.91 Å². The van der Waals surface area contributed by atoms with Gasteiger partial charge in [-0.15, -0.1) is 0 Å². The molecule has 0 bridgehead atoms. The lowest BCUT2D eigenvalue weighted by molar-refractivity contribution is 0.0950. The average molecular weight is 365 g/mol. The van der Waals surface area contributed by atoms with E-state index in [0.717, 1.165) is 10.9 Å². The Morgan fingerprint density at radius 1 is 1.00 bits per heavy atom. The highest BCUT2D eigenvalue weighted by Gasteiger charge is 2.12. The molecule has 0 aliphatic carbocycles. The number of fused-ring (bicyclic) bond motifs is 1. The zero-order valence-electron chi connectivity index (χ0n) is 15.2. The molecule has 138 valence electrons. The quantitative estimate of drug-likeness (QED) is 0.536. The molecule has 0 spiro atoms. The van der Waals surface area contributed by atoms with Crippen LogP contribution in [0.1, 0.15) is 16.1 Å². The van der Waals surface area contributed by atoms with Crippen LogP contribution in [-0.4, -0.2) is 38.4 Å². The number of amides is 1. The summed E-state index contributed by atoms with van der Waals surface area (Å²) in [6.45, 7) is 0. The highest BCUT2D eigenvalue weighted by atomic mass is 16.5. The summed E-state index contributed by atoms with van der Waals surface area (Å²) in [5.74, 6) is 1.09. The Labute approximate surface area is 156 Å². The third-order valence-corrected chi connectivity index (χ3v) is 3.90. The monoisotopic (exact) mass is 365 g/mol. The van der Waals surface area contributed by atoms with Crippen LogP contribution in [0.3, 0.4) is 0 Å². The normalized spacial score (nSPS) is 10.8. The van der Waals surface area contributed by atoms with Gasteiger partial charge in [-0.05, 0) is 24.3 Å². The number of nitrogens with one attached hydrogen (secondary N) is 1. The molecular formula is C20H19N3O4.